The van der Waals surface area contributed by atoms with Gasteiger partial charge in [-0.25, -0.2) is 23.6 Å². The number of alkyl carbamates (subject to hydrolysis) is 1. The maximum Gasteiger partial charge on any atom is 0.408 e. The van der Waals surface area contributed by atoms with Gasteiger partial charge in [0.15, 0.2) is 5.82 Å². The highest BCUT2D eigenvalue weighted by Crippen LogP contribution is 2.37. The highest BCUT2D eigenvalue weighted by Gasteiger charge is 2.35. The van der Waals surface area contributed by atoms with E-state index in [1.165, 1.54) is 48.1 Å². The third-order valence-corrected chi connectivity index (χ3v) is 8.90. The Hall–Kier alpha value is -5.86. The summed E-state index contributed by atoms with van der Waals surface area (Å²) in [6.07, 6.45) is -1.01. The molecule has 2 N–H and O–H groups in total. The molecule has 1 fully saturated rings. The number of amides is 4. The molecule has 286 valence electrons. The number of nitrogens with zero attached hydrogens (tertiary/aromatic N) is 5. The fourth-order valence-electron chi connectivity index (χ4n) is 6.20. The second kappa shape index (κ2) is 16.7. The van der Waals surface area contributed by atoms with Gasteiger partial charge < -0.3 is 34.8 Å². The smallest absolute Gasteiger partial charge is 0.408 e. The van der Waals surface area contributed by atoms with Crippen LogP contribution in [0.25, 0.3) is 10.9 Å². The first-order chi connectivity index (χ1) is 25.3. The van der Waals surface area contributed by atoms with Crippen molar-refractivity contribution in [2.24, 2.45) is 5.92 Å². The van der Waals surface area contributed by atoms with E-state index in [0.29, 0.717) is 33.8 Å². The summed E-state index contributed by atoms with van der Waals surface area (Å²) in [6, 6.07) is 15.0. The Morgan fingerprint density at radius 3 is 2.21 bits per heavy atom. The topological polar surface area (TPSA) is 148 Å². The van der Waals surface area contributed by atoms with Gasteiger partial charge in [-0.2, -0.15) is 0 Å². The van der Waals surface area contributed by atoms with Gasteiger partial charge in [0.25, 0.3) is 5.56 Å². The van der Waals surface area contributed by atoms with Crippen molar-refractivity contribution < 1.29 is 35.8 Å². The first-order valence-electron chi connectivity index (χ1n) is 17.4. The van der Waals surface area contributed by atoms with E-state index in [9.17, 15) is 23.6 Å². The Morgan fingerprint density at radius 2 is 1.58 bits per heavy atom. The summed E-state index contributed by atoms with van der Waals surface area (Å²) < 4.78 is 31.5. The van der Waals surface area contributed by atoms with E-state index >= 15 is 0 Å². The maximum atomic E-state index is 14.4. The van der Waals surface area contributed by atoms with E-state index in [4.69, 9.17) is 19.2 Å². The highest BCUT2D eigenvalue weighted by atomic mass is 19.1. The molecule has 0 aliphatic carbocycles. The largest absolute Gasteiger partial charge is 0.497 e. The lowest BCUT2D eigenvalue weighted by atomic mass is 10.0. The highest BCUT2D eigenvalue weighted by molar-refractivity contribution is 6.03. The van der Waals surface area contributed by atoms with Crippen LogP contribution in [0, 0.1) is 11.7 Å². The van der Waals surface area contributed by atoms with Crippen LogP contribution in [-0.2, 0) is 9.53 Å². The number of ether oxygens (including phenoxy) is 3. The molecule has 1 aliphatic rings. The fraction of sp³-hybridized carbons (Fsp3) is 0.395. The van der Waals surface area contributed by atoms with Crippen molar-refractivity contribution in [1.82, 2.24) is 19.9 Å². The number of carbonyl (C=O) groups is 3. The van der Waals surface area contributed by atoms with Crippen LogP contribution in [0.3, 0.4) is 0 Å². The van der Waals surface area contributed by atoms with Crippen molar-refractivity contribution in [1.29, 1.82) is 0 Å². The van der Waals surface area contributed by atoms with Crippen LogP contribution >= 0.6 is 0 Å². The summed E-state index contributed by atoms with van der Waals surface area (Å²) in [5.74, 6) is 0.143. The van der Waals surface area contributed by atoms with E-state index < -0.39 is 30.0 Å². The van der Waals surface area contributed by atoms with Crippen LogP contribution in [0.4, 0.5) is 25.4 Å². The molecule has 1 saturated heterocycles. The minimum atomic E-state index is -0.892. The molecule has 0 spiro atoms. The van der Waals surface area contributed by atoms with Gasteiger partial charge in [-0.3, -0.25) is 14.5 Å². The second-order valence-corrected chi connectivity index (χ2v) is 13.2. The first-order valence-corrected chi connectivity index (χ1v) is 17.4. The Kier molecular flexibility index (Phi) is 12.1. The van der Waals surface area contributed by atoms with Gasteiger partial charge in [0, 0.05) is 27.7 Å². The van der Waals surface area contributed by atoms with Gasteiger partial charge in [-0.05, 0) is 75.2 Å². The minimum Gasteiger partial charge on any atom is -0.497 e. The molecule has 2 atom stereocenters. The molecule has 1 aromatic heterocycles. The van der Waals surface area contributed by atoms with Gasteiger partial charge in [0.1, 0.15) is 23.4 Å². The molecule has 0 saturated carbocycles. The number of hydrogen-bond acceptors (Lipinski definition) is 9. The van der Waals surface area contributed by atoms with E-state index in [0.717, 1.165) is 0 Å². The second-order valence-electron chi connectivity index (χ2n) is 13.2. The van der Waals surface area contributed by atoms with Crippen molar-refractivity contribution in [2.75, 3.05) is 55.6 Å². The van der Waals surface area contributed by atoms with Gasteiger partial charge in [0.2, 0.25) is 5.91 Å². The van der Waals surface area contributed by atoms with Crippen LogP contribution in [0.5, 0.6) is 11.5 Å². The molecule has 15 heteroatoms. The number of halogens is 1. The van der Waals surface area contributed by atoms with E-state index in [1.807, 2.05) is 18.9 Å². The van der Waals surface area contributed by atoms with E-state index in [2.05, 4.69) is 10.6 Å². The Balaban J connectivity index is 0.00000406. The molecule has 1 aliphatic heterocycles. The number of methoxy groups -OCH3 is 2. The number of aromatic nitrogens is 2. The average molecular weight is 736 g/mol. The zero-order chi connectivity index (χ0) is 38.4. The lowest BCUT2D eigenvalue weighted by Crippen LogP contribution is -2.60. The lowest BCUT2D eigenvalue weighted by Gasteiger charge is -2.40. The van der Waals surface area contributed by atoms with Crippen molar-refractivity contribution >= 4 is 40.3 Å². The molecule has 3 aromatic carbocycles. The van der Waals surface area contributed by atoms with Gasteiger partial charge in [0.05, 0.1) is 56.0 Å². The third kappa shape index (κ3) is 8.62. The van der Waals surface area contributed by atoms with Crippen LogP contribution in [0.2, 0.25) is 0 Å². The first kappa shape index (κ1) is 38.4. The number of benzene rings is 3. The normalized spacial score (nSPS) is 14.2. The summed E-state index contributed by atoms with van der Waals surface area (Å²) in [7, 11) is 2.98. The Labute approximate surface area is 310 Å². The molecular formula is C38H50FN7O7. The molecule has 14 nitrogen and oxygen atoms in total. The summed E-state index contributed by atoms with van der Waals surface area (Å²) in [6.45, 7) is 9.89. The predicted octanol–water partition coefficient (Wildman–Crippen LogP) is 5.78. The molecule has 5 rings (SSSR count). The van der Waals surface area contributed by atoms with Crippen molar-refractivity contribution in [3.63, 3.8) is 0 Å². The number of fused-ring (bicyclic) bond motifs is 1. The van der Waals surface area contributed by atoms with Crippen LogP contribution in [0.15, 0.2) is 71.5 Å². The van der Waals surface area contributed by atoms with E-state index in [-0.39, 0.29) is 58.3 Å². The van der Waals surface area contributed by atoms with Crippen molar-refractivity contribution in [3.05, 3.63) is 88.7 Å². The quantitative estimate of drug-likeness (QED) is 0.196. The molecule has 4 aromatic rings. The van der Waals surface area contributed by atoms with Gasteiger partial charge in [-0.1, -0.05) is 26.0 Å². The molecule has 53 heavy (non-hydrogen) atoms. The molecule has 1 unspecified atom stereocenters. The zero-order valence-electron chi connectivity index (χ0n) is 31.0. The molecular weight excluding hydrogens is 685 g/mol. The standard InChI is InChI=1S/C38H46FN7O7.2H2/c1-23(2)33(42-38(50)53-24(3)4)36(48)43-18-20-44(21-19-43)46-34(41-30-11-9-8-10-29(30)35(46)47)25(5)45(31-17-16-28(51-6)22-32(31)52-7)37(49)40-27-14-12-26(39)13-15-27;;/h8-17,22-25,33H,18-21H2,1-7H3,(H,40,49)(H,42,50);2*1H/t25?,33-;;/m0../s1. The number of nitrogens with one attached hydrogen (secondary N) is 2. The number of urea groups is 1. The summed E-state index contributed by atoms with van der Waals surface area (Å²) in [5, 5.41) is 7.72. The monoisotopic (exact) mass is 735 g/mol. The number of carbonyl (C=O) groups excluding carboxylic acids is 3. The van der Waals surface area contributed by atoms with Gasteiger partial charge >= 0.3 is 12.1 Å². The van der Waals surface area contributed by atoms with Crippen LogP contribution in [0.1, 0.15) is 49.3 Å². The summed E-state index contributed by atoms with van der Waals surface area (Å²) in [5.41, 5.74) is 0.783. The third-order valence-electron chi connectivity index (χ3n) is 8.90. The average Bonchev–Trinajstić information content (AvgIpc) is 3.14. The minimum absolute atomic E-state index is 0. The number of para-hydroxylation sites is 1. The number of rotatable bonds is 11. The maximum absolute atomic E-state index is 14.4. The van der Waals surface area contributed by atoms with E-state index in [1.54, 1.807) is 68.1 Å². The predicted molar refractivity (Wildman–Crippen MR) is 204 cm³/mol. The van der Waals surface area contributed by atoms with Crippen LogP contribution in [-0.4, -0.2) is 85.1 Å². The Morgan fingerprint density at radius 1 is 0.906 bits per heavy atom. The molecule has 0 radical (unpaired) electrons. The summed E-state index contributed by atoms with van der Waals surface area (Å²) >= 11 is 0. The number of hydrogen-bond donors (Lipinski definition) is 2. The zero-order valence-corrected chi connectivity index (χ0v) is 31.0. The van der Waals surface area contributed by atoms with Crippen molar-refractivity contribution in [3.8, 4) is 11.5 Å². The number of anilines is 2. The molecule has 0 bridgehead atoms. The van der Waals surface area contributed by atoms with Gasteiger partial charge in [-0.15, -0.1) is 0 Å². The summed E-state index contributed by atoms with van der Waals surface area (Å²) in [4.78, 5) is 62.8. The SMILES string of the molecule is COc1ccc(N(C(=O)Nc2ccc(F)cc2)C(C)c2nc3ccccc3c(=O)n2N2CCN(C(=O)[C@@H](NC(=O)OC(C)C)C(C)C)CC2)c(OC)c1.[HH].[HH]. The lowest BCUT2D eigenvalue weighted by molar-refractivity contribution is -0.135. The molecule has 2 heterocycles. The Bertz CT molecular complexity index is 2010. The van der Waals surface area contributed by atoms with Crippen molar-refractivity contribution in [2.45, 2.75) is 52.8 Å². The number of piperazine rings is 1. The fourth-order valence-corrected chi connectivity index (χ4v) is 6.20. The van der Waals surface area contributed by atoms with Crippen LogP contribution < -0.4 is 35.6 Å². The molecule has 4 amide bonds.